The standard InChI is InChI=1S/C23H25N3O3/c1-15(2)17-10-4-6-12-19(17)24-20(27)14-26-21(28)23(25-22(26)29)13-7-9-16-8-3-5-11-18(16)23/h3-6,8,10-12,15H,7,9,13-14H2,1-2H3,(H,24,27)(H,25,29)/t23-/m1/s1. The largest absolute Gasteiger partial charge is 0.325 e. The Hall–Kier alpha value is -3.15. The summed E-state index contributed by atoms with van der Waals surface area (Å²) in [6.45, 7) is 3.79. The van der Waals surface area contributed by atoms with E-state index >= 15 is 0 Å². The fourth-order valence-electron chi connectivity index (χ4n) is 4.40. The van der Waals surface area contributed by atoms with Crippen molar-refractivity contribution in [3.05, 3.63) is 65.2 Å². The van der Waals surface area contributed by atoms with Gasteiger partial charge in [0.15, 0.2) is 0 Å². The van der Waals surface area contributed by atoms with Crippen LogP contribution in [0.3, 0.4) is 0 Å². The molecule has 1 heterocycles. The fraction of sp³-hybridized carbons (Fsp3) is 0.348. The SMILES string of the molecule is CC(C)c1ccccc1NC(=O)CN1C(=O)N[C@@]2(CCCc3ccccc32)C1=O. The summed E-state index contributed by atoms with van der Waals surface area (Å²) in [5.74, 6) is -0.491. The number of amides is 4. The Balaban J connectivity index is 1.55. The van der Waals surface area contributed by atoms with Crippen molar-refractivity contribution in [1.29, 1.82) is 0 Å². The highest BCUT2D eigenvalue weighted by molar-refractivity contribution is 6.10. The molecular weight excluding hydrogens is 366 g/mol. The first kappa shape index (κ1) is 19.2. The number of hydrogen-bond donors (Lipinski definition) is 2. The molecule has 1 fully saturated rings. The predicted molar refractivity (Wildman–Crippen MR) is 110 cm³/mol. The number of aryl methyl sites for hydroxylation is 1. The van der Waals surface area contributed by atoms with Crippen molar-refractivity contribution in [1.82, 2.24) is 10.2 Å². The first-order valence-electron chi connectivity index (χ1n) is 10.0. The lowest BCUT2D eigenvalue weighted by Gasteiger charge is -2.33. The summed E-state index contributed by atoms with van der Waals surface area (Å²) in [6.07, 6.45) is 2.24. The Bertz CT molecular complexity index is 985. The zero-order valence-corrected chi connectivity index (χ0v) is 16.7. The molecule has 1 aliphatic carbocycles. The third-order valence-electron chi connectivity index (χ3n) is 5.81. The monoisotopic (exact) mass is 391 g/mol. The number of nitrogens with one attached hydrogen (secondary N) is 2. The molecule has 0 radical (unpaired) electrons. The molecule has 150 valence electrons. The summed E-state index contributed by atoms with van der Waals surface area (Å²) in [4.78, 5) is 39.6. The van der Waals surface area contributed by atoms with E-state index in [0.29, 0.717) is 12.1 Å². The number of rotatable bonds is 4. The molecule has 0 saturated carbocycles. The summed E-state index contributed by atoms with van der Waals surface area (Å²) < 4.78 is 0. The molecule has 0 aromatic heterocycles. The van der Waals surface area contributed by atoms with Crippen molar-refractivity contribution in [2.45, 2.75) is 44.6 Å². The number of para-hydroxylation sites is 1. The number of urea groups is 1. The van der Waals surface area contributed by atoms with Gasteiger partial charge in [0.25, 0.3) is 5.91 Å². The van der Waals surface area contributed by atoms with E-state index < -0.39 is 11.6 Å². The highest BCUT2D eigenvalue weighted by atomic mass is 16.2. The van der Waals surface area contributed by atoms with Crippen LogP contribution >= 0.6 is 0 Å². The van der Waals surface area contributed by atoms with E-state index in [0.717, 1.165) is 34.4 Å². The van der Waals surface area contributed by atoms with E-state index in [9.17, 15) is 14.4 Å². The summed E-state index contributed by atoms with van der Waals surface area (Å²) in [5, 5.41) is 5.74. The highest BCUT2D eigenvalue weighted by Gasteiger charge is 2.54. The fourth-order valence-corrected chi connectivity index (χ4v) is 4.40. The van der Waals surface area contributed by atoms with Gasteiger partial charge in [0.1, 0.15) is 12.1 Å². The molecule has 6 heteroatoms. The van der Waals surface area contributed by atoms with Gasteiger partial charge in [-0.1, -0.05) is 56.3 Å². The molecule has 0 bridgehead atoms. The van der Waals surface area contributed by atoms with Gasteiger partial charge in [-0.15, -0.1) is 0 Å². The molecule has 1 aliphatic heterocycles. The van der Waals surface area contributed by atoms with Crippen LogP contribution in [0.25, 0.3) is 0 Å². The quantitative estimate of drug-likeness (QED) is 0.783. The molecule has 4 amide bonds. The van der Waals surface area contributed by atoms with Gasteiger partial charge in [-0.25, -0.2) is 4.79 Å². The third kappa shape index (κ3) is 3.28. The lowest BCUT2D eigenvalue weighted by Crippen LogP contribution is -2.47. The Labute approximate surface area is 170 Å². The van der Waals surface area contributed by atoms with Gasteiger partial charge < -0.3 is 10.6 Å². The molecule has 1 spiro atoms. The molecule has 4 rings (SSSR count). The zero-order valence-electron chi connectivity index (χ0n) is 16.7. The lowest BCUT2D eigenvalue weighted by atomic mass is 9.76. The predicted octanol–water partition coefficient (Wildman–Crippen LogP) is 3.53. The number of carbonyl (C=O) groups is 3. The van der Waals surface area contributed by atoms with Gasteiger partial charge in [0, 0.05) is 5.69 Å². The van der Waals surface area contributed by atoms with E-state index in [1.54, 1.807) is 0 Å². The van der Waals surface area contributed by atoms with E-state index in [1.165, 1.54) is 0 Å². The van der Waals surface area contributed by atoms with Gasteiger partial charge in [-0.3, -0.25) is 14.5 Å². The number of nitrogens with zero attached hydrogens (tertiary/aromatic N) is 1. The minimum absolute atomic E-state index is 0.241. The van der Waals surface area contributed by atoms with E-state index in [1.807, 2.05) is 62.4 Å². The van der Waals surface area contributed by atoms with Crippen molar-refractivity contribution < 1.29 is 14.4 Å². The summed E-state index contributed by atoms with van der Waals surface area (Å²) in [7, 11) is 0. The highest BCUT2D eigenvalue weighted by Crippen LogP contribution is 2.39. The van der Waals surface area contributed by atoms with Crippen LogP contribution in [0.2, 0.25) is 0 Å². The van der Waals surface area contributed by atoms with Gasteiger partial charge in [0.05, 0.1) is 0 Å². The van der Waals surface area contributed by atoms with Crippen LogP contribution in [-0.2, 0) is 21.5 Å². The van der Waals surface area contributed by atoms with Crippen LogP contribution < -0.4 is 10.6 Å². The number of fused-ring (bicyclic) bond motifs is 2. The number of carbonyl (C=O) groups excluding carboxylic acids is 3. The van der Waals surface area contributed by atoms with E-state index in [-0.39, 0.29) is 24.3 Å². The minimum Gasteiger partial charge on any atom is -0.324 e. The number of anilines is 1. The van der Waals surface area contributed by atoms with Crippen molar-refractivity contribution in [3.8, 4) is 0 Å². The molecule has 1 saturated heterocycles. The minimum atomic E-state index is -1.05. The van der Waals surface area contributed by atoms with Gasteiger partial charge >= 0.3 is 6.03 Å². The summed E-state index contributed by atoms with van der Waals surface area (Å²) in [6, 6.07) is 14.8. The topological polar surface area (TPSA) is 78.5 Å². The zero-order chi connectivity index (χ0) is 20.6. The first-order valence-corrected chi connectivity index (χ1v) is 10.0. The smallest absolute Gasteiger partial charge is 0.324 e. The number of hydrogen-bond acceptors (Lipinski definition) is 3. The maximum absolute atomic E-state index is 13.3. The average molecular weight is 391 g/mol. The van der Waals surface area contributed by atoms with E-state index in [2.05, 4.69) is 10.6 Å². The van der Waals surface area contributed by atoms with Crippen LogP contribution in [0.4, 0.5) is 10.5 Å². The second-order valence-corrected chi connectivity index (χ2v) is 8.03. The van der Waals surface area contributed by atoms with Crippen LogP contribution in [0, 0.1) is 0 Å². The van der Waals surface area contributed by atoms with Crippen molar-refractivity contribution >= 4 is 23.5 Å². The normalized spacial score (nSPS) is 20.7. The second kappa shape index (κ2) is 7.35. The maximum Gasteiger partial charge on any atom is 0.325 e. The second-order valence-electron chi connectivity index (χ2n) is 8.03. The molecule has 2 aliphatic rings. The first-order chi connectivity index (χ1) is 13.9. The van der Waals surface area contributed by atoms with Crippen LogP contribution in [-0.4, -0.2) is 29.3 Å². The van der Waals surface area contributed by atoms with Gasteiger partial charge in [-0.05, 0) is 47.9 Å². The molecule has 2 aromatic rings. The molecule has 2 aromatic carbocycles. The average Bonchev–Trinajstić information content (AvgIpc) is 2.93. The van der Waals surface area contributed by atoms with Crippen molar-refractivity contribution in [2.24, 2.45) is 0 Å². The summed E-state index contributed by atoms with van der Waals surface area (Å²) >= 11 is 0. The van der Waals surface area contributed by atoms with Crippen LogP contribution in [0.15, 0.2) is 48.5 Å². The van der Waals surface area contributed by atoms with Gasteiger partial charge in [-0.2, -0.15) is 0 Å². The van der Waals surface area contributed by atoms with Crippen molar-refractivity contribution in [3.63, 3.8) is 0 Å². The maximum atomic E-state index is 13.3. The van der Waals surface area contributed by atoms with Gasteiger partial charge in [0.2, 0.25) is 5.91 Å². The molecule has 29 heavy (non-hydrogen) atoms. The Kier molecular flexibility index (Phi) is 4.86. The van der Waals surface area contributed by atoms with Crippen molar-refractivity contribution in [2.75, 3.05) is 11.9 Å². The molecule has 2 N–H and O–H groups in total. The number of benzene rings is 2. The Morgan fingerprint density at radius 2 is 1.86 bits per heavy atom. The Morgan fingerprint density at radius 1 is 1.14 bits per heavy atom. The molecular formula is C23H25N3O3. The molecule has 1 atom stereocenters. The Morgan fingerprint density at radius 3 is 2.66 bits per heavy atom. The molecule has 6 nitrogen and oxygen atoms in total. The summed E-state index contributed by atoms with van der Waals surface area (Å²) in [5.41, 5.74) is 2.58. The molecule has 0 unspecified atom stereocenters. The number of imide groups is 1. The van der Waals surface area contributed by atoms with E-state index in [4.69, 9.17) is 0 Å². The van der Waals surface area contributed by atoms with Crippen LogP contribution in [0.1, 0.15) is 49.3 Å². The third-order valence-corrected chi connectivity index (χ3v) is 5.81. The van der Waals surface area contributed by atoms with Crippen LogP contribution in [0.5, 0.6) is 0 Å². The lowest BCUT2D eigenvalue weighted by molar-refractivity contribution is -0.134.